The zero-order chi connectivity index (χ0) is 14.6. The summed E-state index contributed by atoms with van der Waals surface area (Å²) in [6.45, 7) is 1.89. The van der Waals surface area contributed by atoms with E-state index in [0.717, 1.165) is 17.6 Å². The zero-order valence-electron chi connectivity index (χ0n) is 10.7. The molecular weight excluding hydrogens is 286 g/mol. The second-order valence-corrected chi connectivity index (χ2v) is 7.27. The minimum Gasteiger partial charge on any atom is -0.396 e. The summed E-state index contributed by atoms with van der Waals surface area (Å²) >= 11 is 1.09. The first kappa shape index (κ1) is 15.5. The largest absolute Gasteiger partial charge is 0.396 e. The molecule has 0 radical (unpaired) electrons. The fourth-order valence-electron chi connectivity index (χ4n) is 1.40. The molecule has 0 unspecified atom stereocenters. The van der Waals surface area contributed by atoms with Gasteiger partial charge in [-0.25, -0.2) is 8.42 Å². The summed E-state index contributed by atoms with van der Waals surface area (Å²) in [6, 6.07) is 1.93. The van der Waals surface area contributed by atoms with Crippen LogP contribution in [-0.2, 0) is 9.84 Å². The Bertz CT molecular complexity index is 626. The maximum absolute atomic E-state index is 11.6. The number of carbonyl (C=O) groups is 1. The SMILES string of the molecule is CCC(=O)c1sc(NCCS(C)(=O)=O)c(C#N)c1N. The Kier molecular flexibility index (Phi) is 4.91. The number of sulfone groups is 1. The minimum absolute atomic E-state index is 0.0489. The van der Waals surface area contributed by atoms with Gasteiger partial charge in [0.2, 0.25) is 0 Å². The van der Waals surface area contributed by atoms with Gasteiger partial charge >= 0.3 is 0 Å². The summed E-state index contributed by atoms with van der Waals surface area (Å²) in [5, 5.41) is 12.3. The van der Waals surface area contributed by atoms with Gasteiger partial charge in [-0.05, 0) is 0 Å². The highest BCUT2D eigenvalue weighted by Crippen LogP contribution is 2.35. The molecule has 1 aromatic heterocycles. The van der Waals surface area contributed by atoms with Crippen molar-refractivity contribution < 1.29 is 13.2 Å². The van der Waals surface area contributed by atoms with Gasteiger partial charge in [0.05, 0.1) is 16.3 Å². The smallest absolute Gasteiger partial charge is 0.174 e. The van der Waals surface area contributed by atoms with Crippen molar-refractivity contribution in [3.63, 3.8) is 0 Å². The number of nitrogens with zero attached hydrogens (tertiary/aromatic N) is 1. The van der Waals surface area contributed by atoms with Gasteiger partial charge < -0.3 is 11.1 Å². The number of carbonyl (C=O) groups excluding carboxylic acids is 1. The number of nitriles is 1. The number of Topliss-reactive ketones (excluding diaryl/α,β-unsaturated/α-hetero) is 1. The first-order valence-corrected chi connectivity index (χ1v) is 8.45. The molecule has 0 aliphatic carbocycles. The lowest BCUT2D eigenvalue weighted by Crippen LogP contribution is -2.13. The average molecular weight is 301 g/mol. The van der Waals surface area contributed by atoms with E-state index in [1.165, 1.54) is 0 Å². The lowest BCUT2D eigenvalue weighted by atomic mass is 10.2. The second-order valence-electron chi connectivity index (χ2n) is 3.99. The van der Waals surface area contributed by atoms with E-state index in [9.17, 15) is 13.2 Å². The van der Waals surface area contributed by atoms with E-state index in [4.69, 9.17) is 11.0 Å². The van der Waals surface area contributed by atoms with Crippen molar-refractivity contribution in [1.82, 2.24) is 0 Å². The van der Waals surface area contributed by atoms with Gasteiger partial charge in [0, 0.05) is 19.2 Å². The Balaban J connectivity index is 2.96. The number of ketones is 1. The summed E-state index contributed by atoms with van der Waals surface area (Å²) in [5.74, 6) is -0.178. The number of nitrogen functional groups attached to an aromatic ring is 1. The Hall–Kier alpha value is -1.59. The third kappa shape index (κ3) is 3.94. The Morgan fingerprint density at radius 3 is 2.63 bits per heavy atom. The van der Waals surface area contributed by atoms with Gasteiger partial charge in [-0.1, -0.05) is 6.92 Å². The number of hydrogen-bond acceptors (Lipinski definition) is 7. The number of nitrogens with one attached hydrogen (secondary N) is 1. The number of hydrogen-bond donors (Lipinski definition) is 2. The van der Waals surface area contributed by atoms with E-state index in [-0.39, 0.29) is 29.3 Å². The standard InChI is InChI=1S/C11H15N3O3S2/c1-3-8(15)10-9(13)7(6-12)11(18-10)14-4-5-19(2,16)17/h14H,3-5,13H2,1-2H3. The van der Waals surface area contributed by atoms with Crippen molar-refractivity contribution in [2.45, 2.75) is 13.3 Å². The molecule has 0 fully saturated rings. The third-order valence-electron chi connectivity index (χ3n) is 2.39. The molecule has 0 saturated heterocycles. The van der Waals surface area contributed by atoms with E-state index in [1.54, 1.807) is 6.92 Å². The number of thiophene rings is 1. The van der Waals surface area contributed by atoms with Crippen molar-refractivity contribution in [3.8, 4) is 6.07 Å². The van der Waals surface area contributed by atoms with Crippen LogP contribution in [-0.4, -0.2) is 32.8 Å². The lowest BCUT2D eigenvalue weighted by molar-refractivity contribution is 0.0993. The van der Waals surface area contributed by atoms with Gasteiger partial charge in [0.1, 0.15) is 26.5 Å². The molecule has 1 rings (SSSR count). The van der Waals surface area contributed by atoms with E-state index in [0.29, 0.717) is 16.3 Å². The first-order chi connectivity index (χ1) is 8.80. The summed E-state index contributed by atoms with van der Waals surface area (Å²) in [4.78, 5) is 12.0. The second kappa shape index (κ2) is 6.04. The van der Waals surface area contributed by atoms with Crippen molar-refractivity contribution in [2.24, 2.45) is 0 Å². The third-order valence-corrected chi connectivity index (χ3v) is 4.54. The van der Waals surface area contributed by atoms with E-state index in [2.05, 4.69) is 5.32 Å². The van der Waals surface area contributed by atoms with Gasteiger partial charge in [-0.2, -0.15) is 5.26 Å². The molecule has 0 aliphatic heterocycles. The van der Waals surface area contributed by atoms with Gasteiger partial charge in [0.15, 0.2) is 5.78 Å². The van der Waals surface area contributed by atoms with Crippen LogP contribution in [0.15, 0.2) is 0 Å². The summed E-state index contributed by atoms with van der Waals surface area (Å²) in [6.07, 6.45) is 1.44. The molecular formula is C11H15N3O3S2. The Morgan fingerprint density at radius 1 is 1.53 bits per heavy atom. The van der Waals surface area contributed by atoms with E-state index in [1.807, 2.05) is 6.07 Å². The maximum Gasteiger partial charge on any atom is 0.174 e. The predicted molar refractivity (Wildman–Crippen MR) is 76.3 cm³/mol. The van der Waals surface area contributed by atoms with Crippen molar-refractivity contribution in [1.29, 1.82) is 5.26 Å². The van der Waals surface area contributed by atoms with Crippen molar-refractivity contribution in [3.05, 3.63) is 10.4 Å². The molecule has 8 heteroatoms. The quantitative estimate of drug-likeness (QED) is 0.764. The molecule has 104 valence electrons. The van der Waals surface area contributed by atoms with Gasteiger partial charge in [-0.15, -0.1) is 11.3 Å². The highest BCUT2D eigenvalue weighted by Gasteiger charge is 2.19. The molecule has 0 atom stereocenters. The van der Waals surface area contributed by atoms with E-state index >= 15 is 0 Å². The Morgan fingerprint density at radius 2 is 2.16 bits per heavy atom. The summed E-state index contributed by atoms with van der Waals surface area (Å²) < 4.78 is 22.0. The number of anilines is 2. The summed E-state index contributed by atoms with van der Waals surface area (Å²) in [7, 11) is -3.08. The topological polar surface area (TPSA) is 113 Å². The van der Waals surface area contributed by atoms with Gasteiger partial charge in [0.25, 0.3) is 0 Å². The van der Waals surface area contributed by atoms with Crippen LogP contribution in [0.3, 0.4) is 0 Å². The van der Waals surface area contributed by atoms with Crippen molar-refractivity contribution >= 4 is 37.6 Å². The molecule has 1 heterocycles. The maximum atomic E-state index is 11.6. The number of rotatable bonds is 6. The molecule has 0 amide bonds. The zero-order valence-corrected chi connectivity index (χ0v) is 12.3. The van der Waals surface area contributed by atoms with Crippen LogP contribution in [0.25, 0.3) is 0 Å². The fraction of sp³-hybridized carbons (Fsp3) is 0.455. The van der Waals surface area contributed by atoms with Crippen LogP contribution >= 0.6 is 11.3 Å². The first-order valence-electron chi connectivity index (χ1n) is 5.57. The van der Waals surface area contributed by atoms with Crippen molar-refractivity contribution in [2.75, 3.05) is 29.6 Å². The van der Waals surface area contributed by atoms with Crippen LogP contribution in [0.1, 0.15) is 28.6 Å². The summed E-state index contributed by atoms with van der Waals surface area (Å²) in [5.41, 5.74) is 6.13. The lowest BCUT2D eigenvalue weighted by Gasteiger charge is -2.02. The molecule has 0 saturated carbocycles. The highest BCUT2D eigenvalue weighted by atomic mass is 32.2. The fourth-order valence-corrected chi connectivity index (χ4v) is 2.98. The van der Waals surface area contributed by atoms with Gasteiger partial charge in [-0.3, -0.25) is 4.79 Å². The molecule has 1 aromatic rings. The molecule has 3 N–H and O–H groups in total. The Labute approximate surface area is 116 Å². The van der Waals surface area contributed by atoms with Crippen LogP contribution in [0, 0.1) is 11.3 Å². The average Bonchev–Trinajstić information content (AvgIpc) is 2.63. The molecule has 0 aliphatic rings. The number of nitrogens with two attached hydrogens (primary N) is 1. The molecule has 0 bridgehead atoms. The van der Waals surface area contributed by atoms with Crippen LogP contribution in [0.4, 0.5) is 10.7 Å². The van der Waals surface area contributed by atoms with Crippen LogP contribution < -0.4 is 11.1 Å². The highest BCUT2D eigenvalue weighted by molar-refractivity contribution is 7.90. The van der Waals surface area contributed by atoms with E-state index < -0.39 is 9.84 Å². The molecule has 19 heavy (non-hydrogen) atoms. The normalized spacial score (nSPS) is 11.0. The van der Waals surface area contributed by atoms with Crippen LogP contribution in [0.5, 0.6) is 0 Å². The van der Waals surface area contributed by atoms with Crippen LogP contribution in [0.2, 0.25) is 0 Å². The minimum atomic E-state index is -3.08. The predicted octanol–water partition coefficient (Wildman–Crippen LogP) is 1.25. The molecule has 0 aromatic carbocycles. The molecule has 0 spiro atoms. The molecule has 6 nitrogen and oxygen atoms in total. The monoisotopic (exact) mass is 301 g/mol.